The van der Waals surface area contributed by atoms with Crippen LogP contribution in [0.25, 0.3) is 10.2 Å². The minimum atomic E-state index is 0.0583. The quantitative estimate of drug-likeness (QED) is 0.721. The highest BCUT2D eigenvalue weighted by atomic mass is 32.1. The molecule has 0 atom stereocenters. The Morgan fingerprint density at radius 1 is 1.08 bits per heavy atom. The van der Waals surface area contributed by atoms with Gasteiger partial charge in [-0.25, -0.2) is 4.98 Å². The second-order valence-electron chi connectivity index (χ2n) is 7.52. The molecule has 1 aliphatic carbocycles. The maximum atomic E-state index is 12.6. The van der Waals surface area contributed by atoms with Crippen LogP contribution < -0.4 is 11.3 Å². The molecule has 26 heavy (non-hydrogen) atoms. The van der Waals surface area contributed by atoms with Gasteiger partial charge in [0.05, 0.1) is 11.9 Å². The standard InChI is InChI=1S/C19H29N5OS/c20-7-2-1-3-8-23-9-11-24(12-10-23)13-16-21-18(25)17-14-5-4-6-15(14)26-19(17)22-16/h1-13,20H2,(H,21,22,25). The lowest BCUT2D eigenvalue weighted by atomic mass is 10.2. The molecule has 1 aliphatic heterocycles. The molecule has 2 aromatic rings. The number of thiophene rings is 1. The number of rotatable bonds is 7. The SMILES string of the molecule is NCCCCCN1CCN(Cc2nc3sc4c(c3c(=O)[nH]2)CCC4)CC1. The Kier molecular flexibility index (Phi) is 5.69. The lowest BCUT2D eigenvalue weighted by Gasteiger charge is -2.34. The highest BCUT2D eigenvalue weighted by molar-refractivity contribution is 7.18. The zero-order chi connectivity index (χ0) is 17.9. The topological polar surface area (TPSA) is 78.2 Å². The van der Waals surface area contributed by atoms with Crippen molar-refractivity contribution >= 4 is 21.6 Å². The van der Waals surface area contributed by atoms with Crippen molar-refractivity contribution in [1.29, 1.82) is 0 Å². The molecule has 2 aliphatic rings. The summed E-state index contributed by atoms with van der Waals surface area (Å²) in [6.45, 7) is 7.00. The smallest absolute Gasteiger partial charge is 0.259 e. The van der Waals surface area contributed by atoms with Crippen molar-refractivity contribution in [1.82, 2.24) is 19.8 Å². The average Bonchev–Trinajstić information content (AvgIpc) is 3.21. The van der Waals surface area contributed by atoms with Crippen LogP contribution in [-0.2, 0) is 19.4 Å². The molecule has 7 heteroatoms. The molecule has 0 radical (unpaired) electrons. The van der Waals surface area contributed by atoms with Crippen LogP contribution in [-0.4, -0.2) is 59.0 Å². The van der Waals surface area contributed by atoms with Crippen LogP contribution in [0, 0.1) is 0 Å². The zero-order valence-corrected chi connectivity index (χ0v) is 16.2. The van der Waals surface area contributed by atoms with Crippen molar-refractivity contribution in [3.05, 3.63) is 26.6 Å². The van der Waals surface area contributed by atoms with Gasteiger partial charge in [0.1, 0.15) is 10.7 Å². The Bertz CT molecular complexity index is 806. The van der Waals surface area contributed by atoms with Gasteiger partial charge in [-0.1, -0.05) is 6.42 Å². The van der Waals surface area contributed by atoms with Gasteiger partial charge in [-0.05, 0) is 50.8 Å². The Balaban J connectivity index is 1.35. The third kappa shape index (κ3) is 3.86. The number of unbranched alkanes of at least 4 members (excludes halogenated alkanes) is 2. The van der Waals surface area contributed by atoms with Gasteiger partial charge in [0, 0.05) is 31.1 Å². The number of nitrogens with zero attached hydrogens (tertiary/aromatic N) is 3. The third-order valence-electron chi connectivity index (χ3n) is 5.64. The number of hydrogen-bond donors (Lipinski definition) is 2. The molecule has 3 N–H and O–H groups in total. The molecule has 1 saturated heterocycles. The summed E-state index contributed by atoms with van der Waals surface area (Å²) in [4.78, 5) is 27.6. The van der Waals surface area contributed by atoms with E-state index in [1.165, 1.54) is 36.2 Å². The number of nitrogens with two attached hydrogens (primary N) is 1. The number of aromatic amines is 1. The largest absolute Gasteiger partial charge is 0.330 e. The Morgan fingerprint density at radius 2 is 1.88 bits per heavy atom. The van der Waals surface area contributed by atoms with Gasteiger partial charge in [-0.3, -0.25) is 9.69 Å². The van der Waals surface area contributed by atoms with Crippen molar-refractivity contribution in [2.75, 3.05) is 39.3 Å². The predicted molar refractivity (Wildman–Crippen MR) is 107 cm³/mol. The Hall–Kier alpha value is -1.28. The number of nitrogens with one attached hydrogen (secondary N) is 1. The number of aromatic nitrogens is 2. The molecule has 0 spiro atoms. The summed E-state index contributed by atoms with van der Waals surface area (Å²) < 4.78 is 0. The monoisotopic (exact) mass is 375 g/mol. The summed E-state index contributed by atoms with van der Waals surface area (Å²) in [5, 5.41) is 0.855. The number of H-pyrrole nitrogens is 1. The van der Waals surface area contributed by atoms with E-state index in [-0.39, 0.29) is 5.56 Å². The first kappa shape index (κ1) is 18.1. The molecule has 1 fully saturated rings. The van der Waals surface area contributed by atoms with Crippen LogP contribution >= 0.6 is 11.3 Å². The van der Waals surface area contributed by atoms with E-state index < -0.39 is 0 Å². The van der Waals surface area contributed by atoms with Crippen molar-refractivity contribution in [3.8, 4) is 0 Å². The van der Waals surface area contributed by atoms with Crippen LogP contribution in [0.1, 0.15) is 41.9 Å². The normalized spacial score (nSPS) is 18.7. The lowest BCUT2D eigenvalue weighted by molar-refractivity contribution is 0.123. The van der Waals surface area contributed by atoms with Gasteiger partial charge in [0.15, 0.2) is 0 Å². The number of hydrogen-bond acceptors (Lipinski definition) is 6. The van der Waals surface area contributed by atoms with Crippen LogP contribution in [0.2, 0.25) is 0 Å². The van der Waals surface area contributed by atoms with Crippen molar-refractivity contribution < 1.29 is 0 Å². The molecular formula is C19H29N5OS. The third-order valence-corrected chi connectivity index (χ3v) is 6.83. The van der Waals surface area contributed by atoms with Crippen LogP contribution in [0.15, 0.2) is 4.79 Å². The fraction of sp³-hybridized carbons (Fsp3) is 0.684. The van der Waals surface area contributed by atoms with Crippen molar-refractivity contribution in [2.24, 2.45) is 5.73 Å². The van der Waals surface area contributed by atoms with Crippen LogP contribution in [0.3, 0.4) is 0 Å². The Morgan fingerprint density at radius 3 is 2.69 bits per heavy atom. The maximum absolute atomic E-state index is 12.6. The number of fused-ring (bicyclic) bond motifs is 3. The fourth-order valence-corrected chi connectivity index (χ4v) is 5.44. The summed E-state index contributed by atoms with van der Waals surface area (Å²) in [6, 6.07) is 0. The van der Waals surface area contributed by atoms with Gasteiger partial charge in [0.2, 0.25) is 0 Å². The summed E-state index contributed by atoms with van der Waals surface area (Å²) in [7, 11) is 0. The van der Waals surface area contributed by atoms with Gasteiger partial charge in [0.25, 0.3) is 5.56 Å². The molecule has 0 unspecified atom stereocenters. The van der Waals surface area contributed by atoms with Gasteiger partial charge in [-0.2, -0.15) is 0 Å². The summed E-state index contributed by atoms with van der Waals surface area (Å²) in [5.74, 6) is 0.818. The summed E-state index contributed by atoms with van der Waals surface area (Å²) in [6.07, 6.45) is 6.92. The molecular weight excluding hydrogens is 346 g/mol. The molecule has 6 nitrogen and oxygen atoms in total. The summed E-state index contributed by atoms with van der Waals surface area (Å²) in [5.41, 5.74) is 6.87. The molecule has 0 saturated carbocycles. The maximum Gasteiger partial charge on any atom is 0.259 e. The minimum absolute atomic E-state index is 0.0583. The van der Waals surface area contributed by atoms with E-state index in [9.17, 15) is 4.79 Å². The van der Waals surface area contributed by atoms with Crippen LogP contribution in [0.4, 0.5) is 0 Å². The lowest BCUT2D eigenvalue weighted by Crippen LogP contribution is -2.46. The van der Waals surface area contributed by atoms with E-state index >= 15 is 0 Å². The first-order chi connectivity index (χ1) is 12.7. The van der Waals surface area contributed by atoms with Crippen molar-refractivity contribution in [3.63, 3.8) is 0 Å². The molecule has 3 heterocycles. The molecule has 0 aromatic carbocycles. The zero-order valence-electron chi connectivity index (χ0n) is 15.4. The molecule has 4 rings (SSSR count). The molecule has 0 bridgehead atoms. The van der Waals surface area contributed by atoms with Crippen LogP contribution in [0.5, 0.6) is 0 Å². The van der Waals surface area contributed by atoms with Gasteiger partial charge < -0.3 is 15.6 Å². The molecule has 2 aromatic heterocycles. The van der Waals surface area contributed by atoms with Gasteiger partial charge >= 0.3 is 0 Å². The predicted octanol–water partition coefficient (Wildman–Crippen LogP) is 1.72. The van der Waals surface area contributed by atoms with E-state index in [4.69, 9.17) is 10.7 Å². The first-order valence-corrected chi connectivity index (χ1v) is 10.7. The molecule has 0 amide bonds. The first-order valence-electron chi connectivity index (χ1n) is 9.93. The van der Waals surface area contributed by atoms with Crippen molar-refractivity contribution in [2.45, 2.75) is 45.1 Å². The van der Waals surface area contributed by atoms with E-state index in [1.54, 1.807) is 11.3 Å². The highest BCUT2D eigenvalue weighted by Crippen LogP contribution is 2.34. The second kappa shape index (κ2) is 8.17. The molecule has 142 valence electrons. The van der Waals surface area contributed by atoms with E-state index in [0.717, 1.165) is 74.6 Å². The number of aryl methyl sites for hydroxylation is 2. The average molecular weight is 376 g/mol. The van der Waals surface area contributed by atoms with E-state index in [2.05, 4.69) is 14.8 Å². The van der Waals surface area contributed by atoms with E-state index in [0.29, 0.717) is 0 Å². The second-order valence-corrected chi connectivity index (χ2v) is 8.60. The van der Waals surface area contributed by atoms with E-state index in [1.807, 2.05) is 0 Å². The highest BCUT2D eigenvalue weighted by Gasteiger charge is 2.22. The fourth-order valence-electron chi connectivity index (χ4n) is 4.16. The Labute approximate surface area is 158 Å². The minimum Gasteiger partial charge on any atom is -0.330 e. The summed E-state index contributed by atoms with van der Waals surface area (Å²) >= 11 is 1.72. The number of piperazine rings is 1. The van der Waals surface area contributed by atoms with Gasteiger partial charge in [-0.15, -0.1) is 11.3 Å².